The summed E-state index contributed by atoms with van der Waals surface area (Å²) in [6.45, 7) is 4.77. The summed E-state index contributed by atoms with van der Waals surface area (Å²) < 4.78 is 5.32. The van der Waals surface area contributed by atoms with Gasteiger partial charge in [-0.25, -0.2) is 0 Å². The highest BCUT2D eigenvalue weighted by Gasteiger charge is 2.15. The topological polar surface area (TPSA) is 47.3 Å². The van der Waals surface area contributed by atoms with E-state index in [0.717, 1.165) is 37.6 Å². The van der Waals surface area contributed by atoms with E-state index < -0.39 is 0 Å². The van der Waals surface area contributed by atoms with Crippen molar-refractivity contribution >= 4 is 11.4 Å². The first kappa shape index (κ1) is 10.3. The minimum atomic E-state index is 0.630. The van der Waals surface area contributed by atoms with E-state index in [2.05, 4.69) is 11.4 Å². The zero-order valence-corrected chi connectivity index (χ0v) is 9.12. The van der Waals surface area contributed by atoms with E-state index >= 15 is 0 Å². The molecule has 1 fully saturated rings. The first-order valence-electron chi connectivity index (χ1n) is 5.43. The molecule has 3 nitrogen and oxygen atoms in total. The third-order valence-corrected chi connectivity index (χ3v) is 2.81. The van der Waals surface area contributed by atoms with Crippen LogP contribution >= 0.6 is 0 Å². The van der Waals surface area contributed by atoms with Crippen molar-refractivity contribution in [2.45, 2.75) is 13.3 Å². The van der Waals surface area contributed by atoms with Gasteiger partial charge in [0.2, 0.25) is 0 Å². The second-order valence-corrected chi connectivity index (χ2v) is 4.20. The molecule has 1 atom stereocenters. The van der Waals surface area contributed by atoms with Gasteiger partial charge in [0.15, 0.2) is 0 Å². The first-order chi connectivity index (χ1) is 7.25. The molecule has 0 amide bonds. The number of hydrogen-bond acceptors (Lipinski definition) is 3. The maximum absolute atomic E-state index is 5.91. The fourth-order valence-electron chi connectivity index (χ4n) is 1.84. The molecule has 1 aromatic rings. The Morgan fingerprint density at radius 1 is 1.53 bits per heavy atom. The Morgan fingerprint density at radius 2 is 2.40 bits per heavy atom. The minimum absolute atomic E-state index is 0.630. The number of nitrogens with one attached hydrogen (secondary N) is 1. The second-order valence-electron chi connectivity index (χ2n) is 4.20. The fourth-order valence-corrected chi connectivity index (χ4v) is 1.84. The summed E-state index contributed by atoms with van der Waals surface area (Å²) in [6, 6.07) is 6.11. The third-order valence-electron chi connectivity index (χ3n) is 2.81. The van der Waals surface area contributed by atoms with Crippen molar-refractivity contribution in [2.24, 2.45) is 5.92 Å². The number of benzene rings is 1. The molecule has 0 saturated carbocycles. The Bertz CT molecular complexity index is 332. The minimum Gasteiger partial charge on any atom is -0.397 e. The maximum atomic E-state index is 5.91. The average Bonchev–Trinajstić information content (AvgIpc) is 2.69. The number of anilines is 2. The molecule has 3 N–H and O–H groups in total. The summed E-state index contributed by atoms with van der Waals surface area (Å²) in [7, 11) is 0. The molecule has 1 saturated heterocycles. The monoisotopic (exact) mass is 206 g/mol. The van der Waals surface area contributed by atoms with Crippen molar-refractivity contribution in [3.8, 4) is 0 Å². The lowest BCUT2D eigenvalue weighted by atomic mass is 10.1. The Balaban J connectivity index is 1.92. The molecular weight excluding hydrogens is 188 g/mol. The lowest BCUT2D eigenvalue weighted by Crippen LogP contribution is -2.14. The Kier molecular flexibility index (Phi) is 3.11. The standard InChI is InChI=1S/C12H18N2O/c1-9-2-3-12(11(13)6-9)14-7-10-4-5-15-8-10/h2-3,6,10,14H,4-5,7-8,13H2,1H3. The Morgan fingerprint density at radius 3 is 3.07 bits per heavy atom. The fraction of sp³-hybridized carbons (Fsp3) is 0.500. The largest absolute Gasteiger partial charge is 0.397 e. The van der Waals surface area contributed by atoms with Crippen LogP contribution in [0.15, 0.2) is 18.2 Å². The van der Waals surface area contributed by atoms with Crippen molar-refractivity contribution in [3.05, 3.63) is 23.8 Å². The second kappa shape index (κ2) is 4.53. The smallest absolute Gasteiger partial charge is 0.0574 e. The van der Waals surface area contributed by atoms with E-state index in [1.165, 1.54) is 5.56 Å². The van der Waals surface area contributed by atoms with E-state index in [-0.39, 0.29) is 0 Å². The van der Waals surface area contributed by atoms with Gasteiger partial charge in [-0.05, 0) is 31.0 Å². The SMILES string of the molecule is Cc1ccc(NCC2CCOC2)c(N)c1. The van der Waals surface area contributed by atoms with E-state index in [1.54, 1.807) is 0 Å². The highest BCUT2D eigenvalue weighted by Crippen LogP contribution is 2.21. The van der Waals surface area contributed by atoms with Crippen LogP contribution in [-0.2, 0) is 4.74 Å². The van der Waals surface area contributed by atoms with Crippen LogP contribution in [0, 0.1) is 12.8 Å². The van der Waals surface area contributed by atoms with Gasteiger partial charge in [0, 0.05) is 19.1 Å². The van der Waals surface area contributed by atoms with Crippen molar-refractivity contribution < 1.29 is 4.74 Å². The summed E-state index contributed by atoms with van der Waals surface area (Å²) in [5.41, 5.74) is 8.97. The normalized spacial score (nSPS) is 20.5. The number of hydrogen-bond donors (Lipinski definition) is 2. The molecule has 0 aromatic heterocycles. The van der Waals surface area contributed by atoms with Crippen LogP contribution in [0.4, 0.5) is 11.4 Å². The summed E-state index contributed by atoms with van der Waals surface area (Å²) in [5.74, 6) is 0.630. The lowest BCUT2D eigenvalue weighted by molar-refractivity contribution is 0.187. The molecule has 82 valence electrons. The molecule has 0 radical (unpaired) electrons. The molecule has 2 rings (SSSR count). The van der Waals surface area contributed by atoms with Gasteiger partial charge in [0.1, 0.15) is 0 Å². The van der Waals surface area contributed by atoms with Gasteiger partial charge >= 0.3 is 0 Å². The van der Waals surface area contributed by atoms with Gasteiger partial charge in [-0.15, -0.1) is 0 Å². The molecule has 1 aromatic carbocycles. The first-order valence-corrected chi connectivity index (χ1v) is 5.43. The zero-order chi connectivity index (χ0) is 10.7. The molecule has 1 unspecified atom stereocenters. The summed E-state index contributed by atoms with van der Waals surface area (Å²) >= 11 is 0. The molecule has 15 heavy (non-hydrogen) atoms. The highest BCUT2D eigenvalue weighted by atomic mass is 16.5. The zero-order valence-electron chi connectivity index (χ0n) is 9.12. The molecule has 3 heteroatoms. The molecule has 1 aliphatic rings. The van der Waals surface area contributed by atoms with Gasteiger partial charge in [0.05, 0.1) is 18.0 Å². The van der Waals surface area contributed by atoms with E-state index in [4.69, 9.17) is 10.5 Å². The summed E-state index contributed by atoms with van der Waals surface area (Å²) in [4.78, 5) is 0. The lowest BCUT2D eigenvalue weighted by Gasteiger charge is -2.12. The summed E-state index contributed by atoms with van der Waals surface area (Å²) in [6.07, 6.45) is 1.15. The number of nitrogen functional groups attached to an aromatic ring is 1. The van der Waals surface area contributed by atoms with Crippen molar-refractivity contribution in [1.82, 2.24) is 0 Å². The van der Waals surface area contributed by atoms with Gasteiger partial charge in [0.25, 0.3) is 0 Å². The van der Waals surface area contributed by atoms with E-state index in [1.807, 2.05) is 19.1 Å². The van der Waals surface area contributed by atoms with Crippen LogP contribution in [0.5, 0.6) is 0 Å². The molecule has 0 aliphatic carbocycles. The maximum Gasteiger partial charge on any atom is 0.0574 e. The van der Waals surface area contributed by atoms with E-state index in [0.29, 0.717) is 5.92 Å². The molecule has 0 bridgehead atoms. The predicted octanol–water partition coefficient (Wildman–Crippen LogP) is 2.03. The number of ether oxygens (including phenoxy) is 1. The van der Waals surface area contributed by atoms with Crippen molar-refractivity contribution in [2.75, 3.05) is 30.8 Å². The molecule has 1 aliphatic heterocycles. The average molecular weight is 206 g/mol. The number of rotatable bonds is 3. The molecule has 0 spiro atoms. The Hall–Kier alpha value is -1.22. The van der Waals surface area contributed by atoms with Crippen LogP contribution in [0.25, 0.3) is 0 Å². The predicted molar refractivity (Wildman–Crippen MR) is 63.0 cm³/mol. The van der Waals surface area contributed by atoms with Crippen LogP contribution < -0.4 is 11.1 Å². The van der Waals surface area contributed by atoms with Gasteiger partial charge < -0.3 is 15.8 Å². The van der Waals surface area contributed by atoms with Crippen molar-refractivity contribution in [3.63, 3.8) is 0 Å². The van der Waals surface area contributed by atoms with Crippen LogP contribution in [0.2, 0.25) is 0 Å². The Labute approximate surface area is 90.6 Å². The number of nitrogens with two attached hydrogens (primary N) is 1. The van der Waals surface area contributed by atoms with Crippen LogP contribution in [0.3, 0.4) is 0 Å². The molecular formula is C12H18N2O. The van der Waals surface area contributed by atoms with Crippen molar-refractivity contribution in [1.29, 1.82) is 0 Å². The van der Waals surface area contributed by atoms with Crippen LogP contribution in [-0.4, -0.2) is 19.8 Å². The quantitative estimate of drug-likeness (QED) is 0.744. The van der Waals surface area contributed by atoms with Gasteiger partial charge in [-0.1, -0.05) is 6.07 Å². The number of aryl methyl sites for hydroxylation is 1. The third kappa shape index (κ3) is 2.63. The molecule has 1 heterocycles. The highest BCUT2D eigenvalue weighted by molar-refractivity contribution is 5.66. The summed E-state index contributed by atoms with van der Waals surface area (Å²) in [5, 5.41) is 3.38. The van der Waals surface area contributed by atoms with E-state index in [9.17, 15) is 0 Å². The van der Waals surface area contributed by atoms with Gasteiger partial charge in [-0.2, -0.15) is 0 Å². The van der Waals surface area contributed by atoms with Gasteiger partial charge in [-0.3, -0.25) is 0 Å². The van der Waals surface area contributed by atoms with Crippen LogP contribution in [0.1, 0.15) is 12.0 Å².